The Hall–Kier alpha value is -2.35. The molecule has 8 heteroatoms. The lowest BCUT2D eigenvalue weighted by atomic mass is 10.1. The van der Waals surface area contributed by atoms with Gasteiger partial charge in [-0.2, -0.15) is 8.42 Å². The Morgan fingerprint density at radius 3 is 2.71 bits per heavy atom. The van der Waals surface area contributed by atoms with Gasteiger partial charge in [-0.05, 0) is 24.6 Å². The Balaban J connectivity index is 2.43. The molecule has 0 unspecified atom stereocenters. The molecule has 1 aromatic carbocycles. The molecule has 7 nitrogen and oxygen atoms in total. The topological polar surface area (TPSA) is 88.1 Å². The number of carbonyl (C=O) groups is 1. The number of ether oxygens (including phenoxy) is 1. The molecule has 0 saturated carbocycles. The SMILES string of the molecule is CCCCNC(=O)C1=CC(c2ccccc2OC)=NS(=O)(=O)N1C. The predicted octanol–water partition coefficient (Wildman–Crippen LogP) is 1.47. The molecule has 130 valence electrons. The zero-order chi connectivity index (χ0) is 17.7. The van der Waals surface area contributed by atoms with Crippen LogP contribution in [0.2, 0.25) is 0 Å². The molecule has 0 aromatic heterocycles. The summed E-state index contributed by atoms with van der Waals surface area (Å²) in [4.78, 5) is 12.3. The van der Waals surface area contributed by atoms with Crippen LogP contribution in [0.25, 0.3) is 0 Å². The molecule has 1 amide bonds. The van der Waals surface area contributed by atoms with Crippen LogP contribution < -0.4 is 10.1 Å². The minimum Gasteiger partial charge on any atom is -0.496 e. The third-order valence-electron chi connectivity index (χ3n) is 3.60. The van der Waals surface area contributed by atoms with Crippen LogP contribution >= 0.6 is 0 Å². The van der Waals surface area contributed by atoms with Gasteiger partial charge in [0, 0.05) is 19.2 Å². The number of nitrogens with zero attached hydrogens (tertiary/aromatic N) is 2. The highest BCUT2D eigenvalue weighted by molar-refractivity contribution is 7.88. The molecule has 0 fully saturated rings. The third kappa shape index (κ3) is 3.76. The molecule has 1 aliphatic rings. The molecular formula is C16H21N3O4S. The summed E-state index contributed by atoms with van der Waals surface area (Å²) in [7, 11) is -1.17. The Morgan fingerprint density at radius 1 is 1.33 bits per heavy atom. The molecule has 0 atom stereocenters. The fourth-order valence-electron chi connectivity index (χ4n) is 2.22. The molecule has 0 saturated heterocycles. The second-order valence-electron chi connectivity index (χ2n) is 5.26. The maximum absolute atomic E-state index is 12.3. The molecule has 0 radical (unpaired) electrons. The van der Waals surface area contributed by atoms with Crippen molar-refractivity contribution in [3.63, 3.8) is 0 Å². The van der Waals surface area contributed by atoms with Gasteiger partial charge >= 0.3 is 10.2 Å². The first-order valence-corrected chi connectivity index (χ1v) is 9.02. The summed E-state index contributed by atoms with van der Waals surface area (Å²) in [6, 6.07) is 6.92. The van der Waals surface area contributed by atoms with Gasteiger partial charge in [0.2, 0.25) is 0 Å². The number of rotatable bonds is 6. The van der Waals surface area contributed by atoms with Gasteiger partial charge in [0.25, 0.3) is 5.91 Å². The van der Waals surface area contributed by atoms with Gasteiger partial charge in [-0.3, -0.25) is 4.79 Å². The average molecular weight is 351 g/mol. The number of hydrogen-bond donors (Lipinski definition) is 1. The average Bonchev–Trinajstić information content (AvgIpc) is 2.57. The highest BCUT2D eigenvalue weighted by Gasteiger charge is 2.30. The van der Waals surface area contributed by atoms with Crippen molar-refractivity contribution in [1.29, 1.82) is 0 Å². The largest absolute Gasteiger partial charge is 0.496 e. The highest BCUT2D eigenvalue weighted by Crippen LogP contribution is 2.24. The second-order valence-corrected chi connectivity index (χ2v) is 6.89. The Morgan fingerprint density at radius 2 is 2.04 bits per heavy atom. The van der Waals surface area contributed by atoms with Gasteiger partial charge in [-0.15, -0.1) is 4.40 Å². The smallest absolute Gasteiger partial charge is 0.345 e. The number of carbonyl (C=O) groups excluding carboxylic acids is 1. The van der Waals surface area contributed by atoms with Crippen LogP contribution in [0.15, 0.2) is 40.4 Å². The number of hydrogen-bond acceptors (Lipinski definition) is 4. The first kappa shape index (κ1) is 18.0. The number of benzene rings is 1. The lowest BCUT2D eigenvalue weighted by molar-refractivity contribution is -0.118. The summed E-state index contributed by atoms with van der Waals surface area (Å²) >= 11 is 0. The van der Waals surface area contributed by atoms with Crippen molar-refractivity contribution in [3.8, 4) is 5.75 Å². The van der Waals surface area contributed by atoms with Gasteiger partial charge in [0.15, 0.2) is 0 Å². The van der Waals surface area contributed by atoms with E-state index in [9.17, 15) is 13.2 Å². The van der Waals surface area contributed by atoms with Crippen LogP contribution in [0.1, 0.15) is 25.3 Å². The summed E-state index contributed by atoms with van der Waals surface area (Å²) in [6.45, 7) is 2.50. The first-order valence-electron chi connectivity index (χ1n) is 7.62. The Kier molecular flexibility index (Phi) is 5.61. The van der Waals surface area contributed by atoms with Gasteiger partial charge in [-0.1, -0.05) is 25.5 Å². The molecule has 0 aliphatic carbocycles. The van der Waals surface area contributed by atoms with Crippen molar-refractivity contribution in [1.82, 2.24) is 9.62 Å². The standard InChI is InChI=1S/C16H21N3O4S/c1-4-5-10-17-16(20)14-11-13(18-24(21,22)19(14)2)12-8-6-7-9-15(12)23-3/h6-9,11H,4-5,10H2,1-3H3,(H,17,20). The predicted molar refractivity (Wildman–Crippen MR) is 92.2 cm³/mol. The van der Waals surface area contributed by atoms with E-state index in [1.807, 2.05) is 6.92 Å². The number of unbranched alkanes of at least 4 members (excludes halogenated alkanes) is 1. The van der Waals surface area contributed by atoms with Crippen molar-refractivity contribution in [2.24, 2.45) is 4.40 Å². The number of nitrogens with one attached hydrogen (secondary N) is 1. The van der Waals surface area contributed by atoms with Crippen molar-refractivity contribution in [2.45, 2.75) is 19.8 Å². The van der Waals surface area contributed by atoms with E-state index < -0.39 is 16.1 Å². The zero-order valence-corrected chi connectivity index (χ0v) is 14.8. The molecule has 2 rings (SSSR count). The number of methoxy groups -OCH3 is 1. The van der Waals surface area contributed by atoms with E-state index >= 15 is 0 Å². The lowest BCUT2D eigenvalue weighted by Crippen LogP contribution is -2.38. The van der Waals surface area contributed by atoms with E-state index in [2.05, 4.69) is 9.71 Å². The summed E-state index contributed by atoms with van der Waals surface area (Å²) in [5, 5.41) is 2.72. The molecule has 1 aromatic rings. The van der Waals surface area contributed by atoms with Crippen molar-refractivity contribution in [3.05, 3.63) is 41.6 Å². The van der Waals surface area contributed by atoms with Gasteiger partial charge in [-0.25, -0.2) is 4.31 Å². The van der Waals surface area contributed by atoms with Crippen LogP contribution in [0.3, 0.4) is 0 Å². The van der Waals surface area contributed by atoms with E-state index in [4.69, 9.17) is 4.74 Å². The monoisotopic (exact) mass is 351 g/mol. The van der Waals surface area contributed by atoms with Crippen LogP contribution in [-0.2, 0) is 15.0 Å². The molecule has 0 bridgehead atoms. The number of allylic oxidation sites excluding steroid dienone is 1. The minimum atomic E-state index is -3.97. The lowest BCUT2D eigenvalue weighted by Gasteiger charge is -2.24. The molecule has 24 heavy (non-hydrogen) atoms. The van der Waals surface area contributed by atoms with Crippen LogP contribution in [-0.4, -0.2) is 45.0 Å². The molecular weight excluding hydrogens is 330 g/mol. The van der Waals surface area contributed by atoms with E-state index in [0.717, 1.165) is 17.1 Å². The molecule has 1 N–H and O–H groups in total. The summed E-state index contributed by atoms with van der Waals surface area (Å²) in [5.74, 6) is 0.0369. The zero-order valence-electron chi connectivity index (χ0n) is 13.9. The number of amides is 1. The summed E-state index contributed by atoms with van der Waals surface area (Å²) in [6.07, 6.45) is 3.21. The van der Waals surface area contributed by atoms with Gasteiger partial charge < -0.3 is 10.1 Å². The van der Waals surface area contributed by atoms with Gasteiger partial charge in [0.1, 0.15) is 11.4 Å². The van der Waals surface area contributed by atoms with Crippen molar-refractivity contribution in [2.75, 3.05) is 20.7 Å². The fourth-order valence-corrected chi connectivity index (χ4v) is 3.12. The Bertz CT molecular complexity index is 784. The quantitative estimate of drug-likeness (QED) is 0.786. The maximum Gasteiger partial charge on any atom is 0.345 e. The van der Waals surface area contributed by atoms with Crippen LogP contribution in [0.5, 0.6) is 5.75 Å². The van der Waals surface area contributed by atoms with Crippen molar-refractivity contribution >= 4 is 21.8 Å². The third-order valence-corrected chi connectivity index (χ3v) is 4.92. The maximum atomic E-state index is 12.3. The number of likely N-dealkylation sites (N-methyl/N-ethyl adjacent to an activating group) is 1. The molecule has 0 spiro atoms. The first-order chi connectivity index (χ1) is 11.4. The fraction of sp³-hybridized carbons (Fsp3) is 0.375. The Labute approximate surface area is 142 Å². The second kappa shape index (κ2) is 7.48. The van der Waals surface area contributed by atoms with Crippen LogP contribution in [0.4, 0.5) is 0 Å². The van der Waals surface area contributed by atoms with E-state index in [-0.39, 0.29) is 11.4 Å². The molecule has 1 heterocycles. The molecule has 1 aliphatic heterocycles. The summed E-state index contributed by atoms with van der Waals surface area (Å²) in [5.41, 5.74) is 0.712. The van der Waals surface area contributed by atoms with E-state index in [0.29, 0.717) is 17.9 Å². The number of para-hydroxylation sites is 1. The summed E-state index contributed by atoms with van der Waals surface area (Å²) < 4.78 is 34.5. The minimum absolute atomic E-state index is 0.0296. The highest BCUT2D eigenvalue weighted by atomic mass is 32.2. The van der Waals surface area contributed by atoms with Crippen molar-refractivity contribution < 1.29 is 17.9 Å². The van der Waals surface area contributed by atoms with E-state index in [1.54, 1.807) is 24.3 Å². The normalized spacial score (nSPS) is 16.2. The van der Waals surface area contributed by atoms with Crippen LogP contribution in [0, 0.1) is 0 Å². The van der Waals surface area contributed by atoms with E-state index in [1.165, 1.54) is 20.2 Å². The van der Waals surface area contributed by atoms with Gasteiger partial charge in [0.05, 0.1) is 12.8 Å².